The maximum Gasteiger partial charge on any atom is 0.258 e. The molecule has 21 heavy (non-hydrogen) atoms. The summed E-state index contributed by atoms with van der Waals surface area (Å²) in [5.74, 6) is 0.220. The number of nitrogens with zero attached hydrogens (tertiary/aromatic N) is 3. The van der Waals surface area contributed by atoms with Crippen molar-refractivity contribution in [2.75, 3.05) is 19.6 Å². The van der Waals surface area contributed by atoms with Crippen LogP contribution in [0.15, 0.2) is 22.7 Å². The first-order valence-corrected chi connectivity index (χ1v) is 7.19. The normalized spacial score (nSPS) is 12.9. The van der Waals surface area contributed by atoms with Gasteiger partial charge in [-0.3, -0.25) is 0 Å². The number of benzene rings is 1. The van der Waals surface area contributed by atoms with Crippen molar-refractivity contribution in [3.05, 3.63) is 34.9 Å². The molecule has 0 aliphatic rings. The molecule has 0 spiro atoms. The smallest absolute Gasteiger partial charge is 0.258 e. The Morgan fingerprint density at radius 3 is 2.71 bits per heavy atom. The number of rotatable bonds is 6. The van der Waals surface area contributed by atoms with Crippen LogP contribution in [0.25, 0.3) is 11.5 Å². The number of likely N-dealkylation sites (N-methyl/N-ethyl adjacent to an activating group) is 1. The zero-order chi connectivity index (χ0) is 15.4. The molecule has 2 N–H and O–H groups in total. The monoisotopic (exact) mass is 312 g/mol. The number of hydrogen-bond donors (Lipinski definition) is 1. The number of halogens is 2. The van der Waals surface area contributed by atoms with Crippen molar-refractivity contribution < 1.29 is 8.91 Å². The van der Waals surface area contributed by atoms with Crippen molar-refractivity contribution in [2.45, 2.75) is 19.9 Å². The molecule has 0 bridgehead atoms. The molecule has 0 aliphatic heterocycles. The van der Waals surface area contributed by atoms with Gasteiger partial charge >= 0.3 is 0 Å². The van der Waals surface area contributed by atoms with E-state index in [2.05, 4.69) is 28.9 Å². The van der Waals surface area contributed by atoms with Gasteiger partial charge in [-0.15, -0.1) is 0 Å². The molecular weight excluding hydrogens is 295 g/mol. The van der Waals surface area contributed by atoms with Gasteiger partial charge in [0.2, 0.25) is 0 Å². The SMILES string of the molecule is CCN(CC)CC(N)c1noc(-c2ccc(F)c(Cl)c2)n1. The van der Waals surface area contributed by atoms with Crippen LogP contribution in [-0.4, -0.2) is 34.7 Å². The van der Waals surface area contributed by atoms with E-state index in [1.165, 1.54) is 18.2 Å². The van der Waals surface area contributed by atoms with Crippen LogP contribution in [0.2, 0.25) is 5.02 Å². The Morgan fingerprint density at radius 1 is 1.38 bits per heavy atom. The van der Waals surface area contributed by atoms with Gasteiger partial charge in [-0.05, 0) is 31.3 Å². The van der Waals surface area contributed by atoms with Crippen LogP contribution >= 0.6 is 11.6 Å². The summed E-state index contributed by atoms with van der Waals surface area (Å²) in [5.41, 5.74) is 6.64. The Kier molecular flexibility index (Phi) is 5.27. The van der Waals surface area contributed by atoms with Crippen LogP contribution in [0.5, 0.6) is 0 Å². The fourth-order valence-corrected chi connectivity index (χ4v) is 2.15. The maximum absolute atomic E-state index is 13.1. The van der Waals surface area contributed by atoms with E-state index < -0.39 is 5.82 Å². The molecule has 0 aliphatic carbocycles. The lowest BCUT2D eigenvalue weighted by atomic mass is 10.2. The first-order valence-electron chi connectivity index (χ1n) is 6.82. The van der Waals surface area contributed by atoms with Gasteiger partial charge in [-0.25, -0.2) is 4.39 Å². The Morgan fingerprint density at radius 2 is 2.10 bits per heavy atom. The summed E-state index contributed by atoms with van der Waals surface area (Å²) in [6.07, 6.45) is 0. The van der Waals surface area contributed by atoms with E-state index in [1.807, 2.05) is 0 Å². The Hall–Kier alpha value is -1.50. The summed E-state index contributed by atoms with van der Waals surface area (Å²) < 4.78 is 18.3. The van der Waals surface area contributed by atoms with E-state index in [0.717, 1.165) is 13.1 Å². The van der Waals surface area contributed by atoms with Crippen molar-refractivity contribution in [1.29, 1.82) is 0 Å². The van der Waals surface area contributed by atoms with Crippen LogP contribution in [0.4, 0.5) is 4.39 Å². The molecule has 114 valence electrons. The molecule has 1 atom stereocenters. The van der Waals surface area contributed by atoms with Crippen molar-refractivity contribution >= 4 is 11.6 Å². The molecule has 0 saturated heterocycles. The summed E-state index contributed by atoms with van der Waals surface area (Å²) >= 11 is 5.74. The predicted molar refractivity (Wildman–Crippen MR) is 79.4 cm³/mol. The van der Waals surface area contributed by atoms with E-state index in [9.17, 15) is 4.39 Å². The molecule has 1 aromatic heterocycles. The van der Waals surface area contributed by atoms with E-state index in [4.69, 9.17) is 21.9 Å². The van der Waals surface area contributed by atoms with Crippen molar-refractivity contribution in [3.8, 4) is 11.5 Å². The molecule has 0 fully saturated rings. The Balaban J connectivity index is 2.15. The van der Waals surface area contributed by atoms with Gasteiger partial charge in [0.05, 0.1) is 11.1 Å². The van der Waals surface area contributed by atoms with Crippen molar-refractivity contribution in [2.24, 2.45) is 5.73 Å². The Bertz CT molecular complexity index is 600. The Labute approximate surface area is 127 Å². The molecule has 7 heteroatoms. The van der Waals surface area contributed by atoms with E-state index in [0.29, 0.717) is 17.9 Å². The fraction of sp³-hybridized carbons (Fsp3) is 0.429. The predicted octanol–water partition coefficient (Wildman–Crippen LogP) is 2.87. The average molecular weight is 313 g/mol. The highest BCUT2D eigenvalue weighted by Crippen LogP contribution is 2.24. The first-order chi connectivity index (χ1) is 10.0. The van der Waals surface area contributed by atoms with Gasteiger partial charge in [0, 0.05) is 12.1 Å². The van der Waals surface area contributed by atoms with Crippen LogP contribution in [0.3, 0.4) is 0 Å². The number of aromatic nitrogens is 2. The average Bonchev–Trinajstić information content (AvgIpc) is 2.97. The van der Waals surface area contributed by atoms with Gasteiger partial charge in [-0.2, -0.15) is 4.98 Å². The summed E-state index contributed by atoms with van der Waals surface area (Å²) in [6, 6.07) is 3.91. The lowest BCUT2D eigenvalue weighted by molar-refractivity contribution is 0.278. The molecule has 2 rings (SSSR count). The van der Waals surface area contributed by atoms with Crippen molar-refractivity contribution in [1.82, 2.24) is 15.0 Å². The third kappa shape index (κ3) is 3.78. The molecule has 0 saturated carbocycles. The minimum atomic E-state index is -0.488. The van der Waals surface area contributed by atoms with Gasteiger partial charge in [-0.1, -0.05) is 30.6 Å². The summed E-state index contributed by atoms with van der Waals surface area (Å²) in [4.78, 5) is 6.44. The molecule has 1 heterocycles. The van der Waals surface area contributed by atoms with Crippen molar-refractivity contribution in [3.63, 3.8) is 0 Å². The highest BCUT2D eigenvalue weighted by atomic mass is 35.5. The lowest BCUT2D eigenvalue weighted by Gasteiger charge is -2.20. The topological polar surface area (TPSA) is 68.2 Å². The lowest BCUT2D eigenvalue weighted by Crippen LogP contribution is -2.32. The van der Waals surface area contributed by atoms with Crippen LogP contribution in [0.1, 0.15) is 25.7 Å². The van der Waals surface area contributed by atoms with Crippen LogP contribution < -0.4 is 5.73 Å². The minimum Gasteiger partial charge on any atom is -0.334 e. The van der Waals surface area contributed by atoms with Gasteiger partial charge < -0.3 is 15.2 Å². The van der Waals surface area contributed by atoms with Crippen LogP contribution in [-0.2, 0) is 0 Å². The van der Waals surface area contributed by atoms with Crippen LogP contribution in [0, 0.1) is 5.82 Å². The summed E-state index contributed by atoms with van der Waals surface area (Å²) in [5, 5.41) is 3.91. The second-order valence-electron chi connectivity index (χ2n) is 4.68. The largest absolute Gasteiger partial charge is 0.334 e. The summed E-state index contributed by atoms with van der Waals surface area (Å²) in [7, 11) is 0. The van der Waals surface area contributed by atoms with Gasteiger partial charge in [0.15, 0.2) is 5.82 Å². The van der Waals surface area contributed by atoms with E-state index in [-0.39, 0.29) is 17.0 Å². The minimum absolute atomic E-state index is 0.0136. The second-order valence-corrected chi connectivity index (χ2v) is 5.09. The molecular formula is C14H18ClFN4O. The van der Waals surface area contributed by atoms with Gasteiger partial charge in [0.1, 0.15) is 5.82 Å². The van der Waals surface area contributed by atoms with E-state index in [1.54, 1.807) is 0 Å². The van der Waals surface area contributed by atoms with E-state index >= 15 is 0 Å². The number of nitrogens with two attached hydrogens (primary N) is 1. The molecule has 5 nitrogen and oxygen atoms in total. The third-order valence-electron chi connectivity index (χ3n) is 3.29. The fourth-order valence-electron chi connectivity index (χ4n) is 1.97. The third-order valence-corrected chi connectivity index (χ3v) is 3.58. The standard InChI is InChI=1S/C14H18ClFN4O/c1-3-20(4-2)8-12(17)13-18-14(21-19-13)9-5-6-11(16)10(15)7-9/h5-7,12H,3-4,8,17H2,1-2H3. The molecule has 2 aromatic rings. The highest BCUT2D eigenvalue weighted by Gasteiger charge is 2.18. The molecule has 1 aromatic carbocycles. The quantitative estimate of drug-likeness (QED) is 0.888. The zero-order valence-electron chi connectivity index (χ0n) is 12.0. The summed E-state index contributed by atoms with van der Waals surface area (Å²) in [6.45, 7) is 6.60. The number of hydrogen-bond acceptors (Lipinski definition) is 5. The zero-order valence-corrected chi connectivity index (χ0v) is 12.8. The molecule has 0 radical (unpaired) electrons. The first kappa shape index (κ1) is 15.9. The van der Waals surface area contributed by atoms with Gasteiger partial charge in [0.25, 0.3) is 5.89 Å². The highest BCUT2D eigenvalue weighted by molar-refractivity contribution is 6.31. The maximum atomic E-state index is 13.1. The molecule has 0 amide bonds. The second kappa shape index (κ2) is 6.98. The molecule has 1 unspecified atom stereocenters.